The summed E-state index contributed by atoms with van der Waals surface area (Å²) in [6.45, 7) is 8.04. The van der Waals surface area contributed by atoms with Crippen LogP contribution in [-0.2, 0) is 0 Å². The monoisotopic (exact) mass is 219 g/mol. The van der Waals surface area contributed by atoms with Gasteiger partial charge >= 0.3 is 0 Å². The van der Waals surface area contributed by atoms with E-state index in [1.54, 1.807) is 0 Å². The van der Waals surface area contributed by atoms with E-state index in [4.69, 9.17) is 0 Å². The molecule has 0 aliphatic carbocycles. The van der Waals surface area contributed by atoms with Crippen molar-refractivity contribution >= 4 is 11.8 Å². The first kappa shape index (κ1) is 14.3. The zero-order chi connectivity index (χ0) is 11.0. The normalized spacial score (nSPS) is 14.4. The molecule has 0 amide bonds. The molecule has 0 aliphatic rings. The first-order valence-corrected chi connectivity index (χ1v) is 6.89. The van der Waals surface area contributed by atoms with Crippen LogP contribution in [0.3, 0.4) is 0 Å². The van der Waals surface area contributed by atoms with Crippen molar-refractivity contribution < 1.29 is 5.11 Å². The Bertz CT molecular complexity index is 137. The molecule has 0 aliphatic heterocycles. The van der Waals surface area contributed by atoms with Gasteiger partial charge in [-0.1, -0.05) is 20.8 Å². The molecule has 0 bridgehead atoms. The van der Waals surface area contributed by atoms with Crippen LogP contribution in [0.1, 0.15) is 33.6 Å². The Balaban J connectivity index is 3.61. The molecule has 2 nitrogen and oxygen atoms in total. The van der Waals surface area contributed by atoms with Gasteiger partial charge < -0.3 is 10.4 Å². The Hall–Kier alpha value is 0.270. The summed E-state index contributed by atoms with van der Waals surface area (Å²) in [5.41, 5.74) is -0.501. The fourth-order valence-electron chi connectivity index (χ4n) is 1.39. The maximum atomic E-state index is 10.0. The summed E-state index contributed by atoms with van der Waals surface area (Å²) in [5, 5.41) is 13.4. The number of thioether (sulfide) groups is 1. The van der Waals surface area contributed by atoms with Gasteiger partial charge in [-0.15, -0.1) is 0 Å². The third-order valence-electron chi connectivity index (χ3n) is 2.71. The average Bonchev–Trinajstić information content (AvgIpc) is 2.18. The molecule has 2 N–H and O–H groups in total. The van der Waals surface area contributed by atoms with E-state index >= 15 is 0 Å². The summed E-state index contributed by atoms with van der Waals surface area (Å²) < 4.78 is 0. The minimum Gasteiger partial charge on any atom is -0.389 e. The fraction of sp³-hybridized carbons (Fsp3) is 1.00. The smallest absolute Gasteiger partial charge is 0.0766 e. The lowest BCUT2D eigenvalue weighted by Crippen LogP contribution is -2.41. The van der Waals surface area contributed by atoms with Crippen LogP contribution in [0.4, 0.5) is 0 Å². The first-order valence-electron chi connectivity index (χ1n) is 5.50. The standard InChI is InChI=1S/C11H25NOS/c1-5-11(13,6-2)9-12-7-10(3)8-14-4/h10,12-13H,5-9H2,1-4H3. The van der Waals surface area contributed by atoms with E-state index in [0.717, 1.165) is 25.9 Å². The molecule has 3 heteroatoms. The molecular formula is C11H25NOS. The predicted molar refractivity (Wildman–Crippen MR) is 65.9 cm³/mol. The second kappa shape index (κ2) is 7.55. The van der Waals surface area contributed by atoms with Crippen LogP contribution in [0.15, 0.2) is 0 Å². The van der Waals surface area contributed by atoms with E-state index in [1.165, 1.54) is 5.75 Å². The van der Waals surface area contributed by atoms with Gasteiger partial charge in [0.05, 0.1) is 5.60 Å². The molecule has 86 valence electrons. The van der Waals surface area contributed by atoms with E-state index in [-0.39, 0.29) is 0 Å². The maximum absolute atomic E-state index is 10.0. The molecule has 0 radical (unpaired) electrons. The van der Waals surface area contributed by atoms with Crippen molar-refractivity contribution in [3.63, 3.8) is 0 Å². The molecule has 0 rings (SSSR count). The lowest BCUT2D eigenvalue weighted by Gasteiger charge is -2.26. The van der Waals surface area contributed by atoms with Crippen LogP contribution < -0.4 is 5.32 Å². The molecule has 0 saturated carbocycles. The van der Waals surface area contributed by atoms with Crippen molar-refractivity contribution in [3.8, 4) is 0 Å². The first-order chi connectivity index (χ1) is 6.58. The second-order valence-electron chi connectivity index (χ2n) is 4.12. The number of rotatable bonds is 8. The lowest BCUT2D eigenvalue weighted by atomic mass is 9.97. The van der Waals surface area contributed by atoms with Crippen molar-refractivity contribution in [2.24, 2.45) is 5.92 Å². The van der Waals surface area contributed by atoms with Gasteiger partial charge in [-0.05, 0) is 37.3 Å². The topological polar surface area (TPSA) is 32.3 Å². The summed E-state index contributed by atoms with van der Waals surface area (Å²) in [5.74, 6) is 1.87. The van der Waals surface area contributed by atoms with Gasteiger partial charge in [-0.3, -0.25) is 0 Å². The molecule has 14 heavy (non-hydrogen) atoms. The third-order valence-corrected chi connectivity index (χ3v) is 3.62. The quantitative estimate of drug-likeness (QED) is 0.656. The van der Waals surface area contributed by atoms with Crippen LogP contribution in [0, 0.1) is 5.92 Å². The largest absolute Gasteiger partial charge is 0.389 e. The van der Waals surface area contributed by atoms with Crippen LogP contribution in [-0.4, -0.2) is 35.8 Å². The third kappa shape index (κ3) is 5.89. The van der Waals surface area contributed by atoms with Gasteiger partial charge in [0.2, 0.25) is 0 Å². The number of aliphatic hydroxyl groups is 1. The van der Waals surface area contributed by atoms with Crippen LogP contribution in [0.5, 0.6) is 0 Å². The van der Waals surface area contributed by atoms with Gasteiger partial charge in [0.15, 0.2) is 0 Å². The Morgan fingerprint density at radius 3 is 2.36 bits per heavy atom. The van der Waals surface area contributed by atoms with Gasteiger partial charge in [0.25, 0.3) is 0 Å². The fourth-order valence-corrected chi connectivity index (χ4v) is 2.08. The van der Waals surface area contributed by atoms with Crippen molar-refractivity contribution in [1.29, 1.82) is 0 Å². The summed E-state index contributed by atoms with van der Waals surface area (Å²) in [6.07, 6.45) is 3.78. The average molecular weight is 219 g/mol. The van der Waals surface area contributed by atoms with E-state index < -0.39 is 5.60 Å². The lowest BCUT2D eigenvalue weighted by molar-refractivity contribution is 0.0321. The number of nitrogens with one attached hydrogen (secondary N) is 1. The van der Waals surface area contributed by atoms with Crippen molar-refractivity contribution in [2.45, 2.75) is 39.2 Å². The predicted octanol–water partition coefficient (Wildman–Crippen LogP) is 2.13. The van der Waals surface area contributed by atoms with Crippen molar-refractivity contribution in [2.75, 3.05) is 25.1 Å². The van der Waals surface area contributed by atoms with E-state index in [9.17, 15) is 5.11 Å². The Kier molecular flexibility index (Phi) is 7.69. The van der Waals surface area contributed by atoms with Gasteiger partial charge in [0.1, 0.15) is 0 Å². The summed E-state index contributed by atoms with van der Waals surface area (Å²) in [6, 6.07) is 0. The Morgan fingerprint density at radius 2 is 1.93 bits per heavy atom. The highest BCUT2D eigenvalue weighted by Crippen LogP contribution is 2.13. The molecule has 0 aromatic carbocycles. The van der Waals surface area contributed by atoms with Gasteiger partial charge in [-0.2, -0.15) is 11.8 Å². The number of hydrogen-bond donors (Lipinski definition) is 2. The molecule has 0 spiro atoms. The van der Waals surface area contributed by atoms with Crippen molar-refractivity contribution in [3.05, 3.63) is 0 Å². The van der Waals surface area contributed by atoms with E-state index in [0.29, 0.717) is 5.92 Å². The molecule has 0 heterocycles. The molecule has 0 saturated heterocycles. The highest BCUT2D eigenvalue weighted by Gasteiger charge is 2.21. The minimum atomic E-state index is -0.501. The minimum absolute atomic E-state index is 0.501. The Labute approximate surface area is 92.9 Å². The molecule has 1 atom stereocenters. The van der Waals surface area contributed by atoms with Crippen molar-refractivity contribution in [1.82, 2.24) is 5.32 Å². The molecule has 0 aromatic rings. The van der Waals surface area contributed by atoms with Crippen LogP contribution in [0.2, 0.25) is 0 Å². The summed E-state index contributed by atoms with van der Waals surface area (Å²) >= 11 is 1.88. The highest BCUT2D eigenvalue weighted by atomic mass is 32.2. The second-order valence-corrected chi connectivity index (χ2v) is 5.03. The molecule has 0 fully saturated rings. The van der Waals surface area contributed by atoms with E-state index in [2.05, 4.69) is 18.5 Å². The van der Waals surface area contributed by atoms with Gasteiger partial charge in [0, 0.05) is 6.54 Å². The highest BCUT2D eigenvalue weighted by molar-refractivity contribution is 7.98. The van der Waals surface area contributed by atoms with Crippen LogP contribution >= 0.6 is 11.8 Å². The Morgan fingerprint density at radius 1 is 1.36 bits per heavy atom. The summed E-state index contributed by atoms with van der Waals surface area (Å²) in [7, 11) is 0. The zero-order valence-electron chi connectivity index (χ0n) is 9.97. The maximum Gasteiger partial charge on any atom is 0.0766 e. The number of hydrogen-bond acceptors (Lipinski definition) is 3. The summed E-state index contributed by atoms with van der Waals surface area (Å²) in [4.78, 5) is 0. The molecule has 0 aromatic heterocycles. The van der Waals surface area contributed by atoms with Crippen LogP contribution in [0.25, 0.3) is 0 Å². The molecular weight excluding hydrogens is 194 g/mol. The van der Waals surface area contributed by atoms with Gasteiger partial charge in [-0.25, -0.2) is 0 Å². The van der Waals surface area contributed by atoms with E-state index in [1.807, 2.05) is 25.6 Å². The zero-order valence-corrected chi connectivity index (χ0v) is 10.8. The SMILES string of the molecule is CCC(O)(CC)CNCC(C)CSC. The molecule has 1 unspecified atom stereocenters.